The molecular weight excluding hydrogens is 198 g/mol. The fourth-order valence-corrected chi connectivity index (χ4v) is 2.00. The molecule has 0 aliphatic rings. The smallest absolute Gasteiger partial charge is 0.231 e. The number of unbranched alkanes of at least 4 members (excludes halogenated alkanes) is 1. The molecule has 0 N–H and O–H groups in total. The van der Waals surface area contributed by atoms with Gasteiger partial charge < -0.3 is 0 Å². The second-order valence-electron chi connectivity index (χ2n) is 4.20. The SMILES string of the molecule is CCCCC(=O)n1cc(C)c2ccccc21. The summed E-state index contributed by atoms with van der Waals surface area (Å²) in [4.78, 5) is 12.0. The fourth-order valence-electron chi connectivity index (χ4n) is 2.00. The van der Waals surface area contributed by atoms with Gasteiger partial charge in [-0.25, -0.2) is 0 Å². The Kier molecular flexibility index (Phi) is 3.09. The lowest BCUT2D eigenvalue weighted by molar-refractivity contribution is 0.0905. The number of rotatable bonds is 3. The van der Waals surface area contributed by atoms with E-state index >= 15 is 0 Å². The average molecular weight is 215 g/mol. The Balaban J connectivity index is 2.41. The van der Waals surface area contributed by atoms with Crippen LogP contribution in [-0.2, 0) is 0 Å². The molecule has 0 fully saturated rings. The number of aryl methyl sites for hydroxylation is 1. The highest BCUT2D eigenvalue weighted by molar-refractivity contribution is 5.94. The summed E-state index contributed by atoms with van der Waals surface area (Å²) in [5.41, 5.74) is 2.20. The predicted octanol–water partition coefficient (Wildman–Crippen LogP) is 3.78. The number of hydrogen-bond donors (Lipinski definition) is 0. The molecule has 0 aliphatic carbocycles. The summed E-state index contributed by atoms with van der Waals surface area (Å²) in [7, 11) is 0. The van der Waals surface area contributed by atoms with Crippen LogP contribution in [-0.4, -0.2) is 10.5 Å². The summed E-state index contributed by atoms with van der Waals surface area (Å²) in [6, 6.07) is 8.06. The van der Waals surface area contributed by atoms with Gasteiger partial charge in [-0.2, -0.15) is 0 Å². The van der Waals surface area contributed by atoms with Crippen molar-refractivity contribution in [2.75, 3.05) is 0 Å². The summed E-state index contributed by atoms with van der Waals surface area (Å²) in [5, 5.41) is 1.17. The van der Waals surface area contributed by atoms with Crippen molar-refractivity contribution in [3.63, 3.8) is 0 Å². The molecule has 2 aromatic rings. The predicted molar refractivity (Wildman–Crippen MR) is 66.8 cm³/mol. The van der Waals surface area contributed by atoms with Crippen molar-refractivity contribution in [3.8, 4) is 0 Å². The number of carbonyl (C=O) groups is 1. The Bertz CT molecular complexity index is 510. The third kappa shape index (κ3) is 1.87. The highest BCUT2D eigenvalue weighted by Crippen LogP contribution is 2.20. The van der Waals surface area contributed by atoms with Gasteiger partial charge in [0.05, 0.1) is 5.52 Å². The molecule has 0 amide bonds. The summed E-state index contributed by atoms with van der Waals surface area (Å²) in [6.07, 6.45) is 4.60. The average Bonchev–Trinajstić information content (AvgIpc) is 2.65. The first kappa shape index (κ1) is 10.9. The van der Waals surface area contributed by atoms with Crippen molar-refractivity contribution >= 4 is 16.8 Å². The van der Waals surface area contributed by atoms with Gasteiger partial charge in [-0.1, -0.05) is 31.5 Å². The minimum atomic E-state index is 0.200. The molecule has 1 aromatic carbocycles. The summed E-state index contributed by atoms with van der Waals surface area (Å²) >= 11 is 0. The first-order chi connectivity index (χ1) is 7.74. The number of fused-ring (bicyclic) bond motifs is 1. The maximum absolute atomic E-state index is 12.0. The maximum Gasteiger partial charge on any atom is 0.231 e. The Morgan fingerprint density at radius 2 is 2.06 bits per heavy atom. The van der Waals surface area contributed by atoms with Crippen molar-refractivity contribution in [1.29, 1.82) is 0 Å². The molecule has 2 rings (SSSR count). The monoisotopic (exact) mass is 215 g/mol. The number of para-hydroxylation sites is 1. The van der Waals surface area contributed by atoms with Crippen LogP contribution in [0.15, 0.2) is 30.5 Å². The number of carbonyl (C=O) groups excluding carboxylic acids is 1. The minimum Gasteiger partial charge on any atom is -0.287 e. The van der Waals surface area contributed by atoms with E-state index in [1.807, 2.05) is 31.3 Å². The van der Waals surface area contributed by atoms with E-state index < -0.39 is 0 Å². The maximum atomic E-state index is 12.0. The van der Waals surface area contributed by atoms with Gasteiger partial charge >= 0.3 is 0 Å². The molecule has 0 spiro atoms. The Morgan fingerprint density at radius 1 is 1.31 bits per heavy atom. The molecule has 2 heteroatoms. The Hall–Kier alpha value is -1.57. The fraction of sp³-hybridized carbons (Fsp3) is 0.357. The van der Waals surface area contributed by atoms with E-state index in [0.29, 0.717) is 6.42 Å². The molecule has 2 nitrogen and oxygen atoms in total. The van der Waals surface area contributed by atoms with Gasteiger partial charge in [-0.3, -0.25) is 9.36 Å². The second-order valence-corrected chi connectivity index (χ2v) is 4.20. The molecule has 0 bridgehead atoms. The molecule has 0 saturated heterocycles. The van der Waals surface area contributed by atoms with Gasteiger partial charge in [0, 0.05) is 18.0 Å². The molecule has 0 radical (unpaired) electrons. The van der Waals surface area contributed by atoms with Crippen molar-refractivity contribution in [2.45, 2.75) is 33.1 Å². The lowest BCUT2D eigenvalue weighted by Gasteiger charge is -2.02. The second kappa shape index (κ2) is 4.52. The van der Waals surface area contributed by atoms with Gasteiger partial charge in [0.15, 0.2) is 0 Å². The van der Waals surface area contributed by atoms with Gasteiger partial charge in [-0.15, -0.1) is 0 Å². The number of benzene rings is 1. The van der Waals surface area contributed by atoms with Crippen LogP contribution in [0.1, 0.15) is 36.5 Å². The highest BCUT2D eigenvalue weighted by atomic mass is 16.2. The van der Waals surface area contributed by atoms with Crippen molar-refractivity contribution in [3.05, 3.63) is 36.0 Å². The minimum absolute atomic E-state index is 0.200. The first-order valence-electron chi connectivity index (χ1n) is 5.84. The standard InChI is InChI=1S/C14H17NO/c1-3-4-9-14(16)15-10-11(2)12-7-5-6-8-13(12)15/h5-8,10H,3-4,9H2,1-2H3. The summed E-state index contributed by atoms with van der Waals surface area (Å²) < 4.78 is 1.79. The van der Waals surface area contributed by atoms with Crippen LogP contribution in [0.4, 0.5) is 0 Å². The van der Waals surface area contributed by atoms with E-state index in [-0.39, 0.29) is 5.91 Å². The van der Waals surface area contributed by atoms with Crippen molar-refractivity contribution < 1.29 is 4.79 Å². The largest absolute Gasteiger partial charge is 0.287 e. The van der Waals surface area contributed by atoms with Crippen LogP contribution in [0.3, 0.4) is 0 Å². The Labute approximate surface area is 95.9 Å². The Morgan fingerprint density at radius 3 is 2.81 bits per heavy atom. The zero-order chi connectivity index (χ0) is 11.5. The zero-order valence-corrected chi connectivity index (χ0v) is 9.86. The molecule has 0 aliphatic heterocycles. The number of aromatic nitrogens is 1. The molecule has 0 saturated carbocycles. The summed E-state index contributed by atoms with van der Waals surface area (Å²) in [6.45, 7) is 4.15. The number of nitrogens with zero attached hydrogens (tertiary/aromatic N) is 1. The molecule has 1 aromatic heterocycles. The van der Waals surface area contributed by atoms with Crippen LogP contribution >= 0.6 is 0 Å². The van der Waals surface area contributed by atoms with Crippen LogP contribution in [0.5, 0.6) is 0 Å². The van der Waals surface area contributed by atoms with Gasteiger partial charge in [0.25, 0.3) is 0 Å². The molecule has 84 valence electrons. The first-order valence-corrected chi connectivity index (χ1v) is 5.84. The van der Waals surface area contributed by atoms with Gasteiger partial charge in [0.1, 0.15) is 0 Å². The summed E-state index contributed by atoms with van der Waals surface area (Å²) in [5.74, 6) is 0.200. The van der Waals surface area contributed by atoms with Crippen LogP contribution in [0.25, 0.3) is 10.9 Å². The lowest BCUT2D eigenvalue weighted by atomic mass is 10.2. The molecule has 0 atom stereocenters. The third-order valence-corrected chi connectivity index (χ3v) is 2.92. The quantitative estimate of drug-likeness (QED) is 0.763. The van der Waals surface area contributed by atoms with E-state index in [1.54, 1.807) is 4.57 Å². The van der Waals surface area contributed by atoms with Gasteiger partial charge in [-0.05, 0) is 25.0 Å². The third-order valence-electron chi connectivity index (χ3n) is 2.92. The number of hydrogen-bond acceptors (Lipinski definition) is 1. The topological polar surface area (TPSA) is 22.0 Å². The van der Waals surface area contributed by atoms with E-state index in [4.69, 9.17) is 0 Å². The van der Waals surface area contributed by atoms with Crippen LogP contribution < -0.4 is 0 Å². The zero-order valence-electron chi connectivity index (χ0n) is 9.86. The van der Waals surface area contributed by atoms with Crippen LogP contribution in [0.2, 0.25) is 0 Å². The lowest BCUT2D eigenvalue weighted by Crippen LogP contribution is -2.08. The highest BCUT2D eigenvalue weighted by Gasteiger charge is 2.10. The van der Waals surface area contributed by atoms with Crippen molar-refractivity contribution in [1.82, 2.24) is 4.57 Å². The van der Waals surface area contributed by atoms with Gasteiger partial charge in [0.2, 0.25) is 5.91 Å². The van der Waals surface area contributed by atoms with Crippen molar-refractivity contribution in [2.24, 2.45) is 0 Å². The normalized spacial score (nSPS) is 10.9. The van der Waals surface area contributed by atoms with E-state index in [1.165, 1.54) is 10.9 Å². The molecule has 16 heavy (non-hydrogen) atoms. The van der Waals surface area contributed by atoms with E-state index in [9.17, 15) is 4.79 Å². The molecule has 0 unspecified atom stereocenters. The van der Waals surface area contributed by atoms with Crippen LogP contribution in [0, 0.1) is 6.92 Å². The molecular formula is C14H17NO. The molecule has 1 heterocycles. The van der Waals surface area contributed by atoms with E-state index in [0.717, 1.165) is 18.4 Å². The van der Waals surface area contributed by atoms with E-state index in [2.05, 4.69) is 13.0 Å².